The van der Waals surface area contributed by atoms with E-state index >= 15 is 0 Å². The van der Waals surface area contributed by atoms with E-state index in [4.69, 9.17) is 5.73 Å². The summed E-state index contributed by atoms with van der Waals surface area (Å²) in [6.45, 7) is 4.50. The molecule has 18 heavy (non-hydrogen) atoms. The Balaban J connectivity index is 2.12. The average molecular weight is 241 g/mol. The molecule has 0 aliphatic carbocycles. The zero-order chi connectivity index (χ0) is 12.8. The zero-order valence-electron chi connectivity index (χ0n) is 10.7. The van der Waals surface area contributed by atoms with Gasteiger partial charge in [-0.3, -0.25) is 4.98 Å². The summed E-state index contributed by atoms with van der Waals surface area (Å²) in [7, 11) is 0. The van der Waals surface area contributed by atoms with Crippen molar-refractivity contribution in [3.8, 4) is 0 Å². The minimum atomic E-state index is 0.491. The lowest BCUT2D eigenvalue weighted by Crippen LogP contribution is -2.22. The molecule has 0 amide bonds. The molecular formula is C15H19N3. The van der Waals surface area contributed by atoms with Crippen molar-refractivity contribution in [1.29, 1.82) is 0 Å². The van der Waals surface area contributed by atoms with Gasteiger partial charge in [0.1, 0.15) is 0 Å². The van der Waals surface area contributed by atoms with Crippen molar-refractivity contribution < 1.29 is 0 Å². The number of benzene rings is 1. The summed E-state index contributed by atoms with van der Waals surface area (Å²) in [6.07, 6.45) is 1.90. The first-order valence-corrected chi connectivity index (χ1v) is 6.27. The first kappa shape index (κ1) is 12.6. The Morgan fingerprint density at radius 2 is 1.89 bits per heavy atom. The van der Waals surface area contributed by atoms with E-state index in [1.807, 2.05) is 18.3 Å². The van der Waals surface area contributed by atoms with Gasteiger partial charge in [-0.1, -0.05) is 30.3 Å². The molecule has 2 aromatic rings. The Kier molecular flexibility index (Phi) is 4.31. The maximum Gasteiger partial charge on any atom is 0.0555 e. The van der Waals surface area contributed by atoms with E-state index in [1.54, 1.807) is 0 Å². The van der Waals surface area contributed by atoms with Gasteiger partial charge in [0.2, 0.25) is 0 Å². The third kappa shape index (κ3) is 3.08. The van der Waals surface area contributed by atoms with Gasteiger partial charge in [-0.05, 0) is 24.6 Å². The Morgan fingerprint density at radius 1 is 1.11 bits per heavy atom. The molecule has 0 atom stereocenters. The number of pyridine rings is 1. The van der Waals surface area contributed by atoms with Crippen molar-refractivity contribution in [2.24, 2.45) is 5.73 Å². The molecule has 0 radical (unpaired) electrons. The highest BCUT2D eigenvalue weighted by molar-refractivity contribution is 5.45. The number of anilines is 1. The van der Waals surface area contributed by atoms with Crippen LogP contribution in [0.3, 0.4) is 0 Å². The average Bonchev–Trinajstić information content (AvgIpc) is 2.46. The molecule has 0 aliphatic rings. The van der Waals surface area contributed by atoms with Crippen LogP contribution < -0.4 is 10.6 Å². The summed E-state index contributed by atoms with van der Waals surface area (Å²) in [6, 6.07) is 14.5. The van der Waals surface area contributed by atoms with Gasteiger partial charge < -0.3 is 10.6 Å². The maximum absolute atomic E-state index is 5.56. The first-order chi connectivity index (χ1) is 8.83. The molecule has 1 aromatic heterocycles. The van der Waals surface area contributed by atoms with Gasteiger partial charge in [0.05, 0.1) is 17.6 Å². The second-order valence-electron chi connectivity index (χ2n) is 4.21. The van der Waals surface area contributed by atoms with Crippen LogP contribution in [0.4, 0.5) is 5.69 Å². The second-order valence-corrected chi connectivity index (χ2v) is 4.21. The van der Waals surface area contributed by atoms with Crippen molar-refractivity contribution in [1.82, 2.24) is 4.98 Å². The fourth-order valence-corrected chi connectivity index (χ4v) is 1.91. The first-order valence-electron chi connectivity index (χ1n) is 6.27. The third-order valence-electron chi connectivity index (χ3n) is 2.98. The van der Waals surface area contributed by atoms with Crippen LogP contribution in [0.1, 0.15) is 18.2 Å². The summed E-state index contributed by atoms with van der Waals surface area (Å²) in [5.41, 5.74) is 8.93. The molecule has 1 aromatic carbocycles. The van der Waals surface area contributed by atoms with Gasteiger partial charge in [-0.15, -0.1) is 0 Å². The summed E-state index contributed by atoms with van der Waals surface area (Å²) in [5, 5.41) is 0. The smallest absolute Gasteiger partial charge is 0.0555 e. The molecule has 0 spiro atoms. The van der Waals surface area contributed by atoms with E-state index < -0.39 is 0 Å². The van der Waals surface area contributed by atoms with E-state index in [9.17, 15) is 0 Å². The van der Waals surface area contributed by atoms with Gasteiger partial charge in [0.25, 0.3) is 0 Å². The molecule has 0 aliphatic heterocycles. The van der Waals surface area contributed by atoms with Crippen LogP contribution in [-0.4, -0.2) is 11.5 Å². The summed E-state index contributed by atoms with van der Waals surface area (Å²) in [4.78, 5) is 6.64. The predicted molar refractivity (Wildman–Crippen MR) is 75.3 cm³/mol. The van der Waals surface area contributed by atoms with Crippen LogP contribution in [0.5, 0.6) is 0 Å². The van der Waals surface area contributed by atoms with Gasteiger partial charge in [0.15, 0.2) is 0 Å². The molecule has 1 heterocycles. The summed E-state index contributed by atoms with van der Waals surface area (Å²) < 4.78 is 0. The number of rotatable bonds is 5. The van der Waals surface area contributed by atoms with E-state index in [2.05, 4.69) is 47.1 Å². The number of nitrogens with two attached hydrogens (primary N) is 1. The van der Waals surface area contributed by atoms with Gasteiger partial charge in [-0.2, -0.15) is 0 Å². The fraction of sp³-hybridized carbons (Fsp3) is 0.267. The molecule has 0 saturated heterocycles. The normalized spacial score (nSPS) is 10.3. The van der Waals surface area contributed by atoms with Crippen LogP contribution >= 0.6 is 0 Å². The molecule has 3 nitrogen and oxygen atoms in total. The van der Waals surface area contributed by atoms with E-state index in [0.717, 1.165) is 24.5 Å². The summed E-state index contributed by atoms with van der Waals surface area (Å²) in [5.74, 6) is 0. The van der Waals surface area contributed by atoms with Crippen LogP contribution in [-0.2, 0) is 13.1 Å². The van der Waals surface area contributed by atoms with Crippen LogP contribution in [0.25, 0.3) is 0 Å². The number of hydrogen-bond acceptors (Lipinski definition) is 3. The van der Waals surface area contributed by atoms with Gasteiger partial charge in [0, 0.05) is 19.6 Å². The maximum atomic E-state index is 5.56. The van der Waals surface area contributed by atoms with Gasteiger partial charge in [-0.25, -0.2) is 0 Å². The highest BCUT2D eigenvalue weighted by Gasteiger charge is 2.05. The monoisotopic (exact) mass is 241 g/mol. The molecule has 2 rings (SSSR count). The lowest BCUT2D eigenvalue weighted by Gasteiger charge is -2.23. The molecule has 0 unspecified atom stereocenters. The molecule has 0 saturated carbocycles. The minimum Gasteiger partial charge on any atom is -0.366 e. The molecule has 0 fully saturated rings. The summed E-state index contributed by atoms with van der Waals surface area (Å²) >= 11 is 0. The molecule has 0 bridgehead atoms. The number of hydrogen-bond donors (Lipinski definition) is 1. The van der Waals surface area contributed by atoms with Crippen LogP contribution in [0.15, 0.2) is 48.7 Å². The fourth-order valence-electron chi connectivity index (χ4n) is 1.91. The Hall–Kier alpha value is -1.87. The minimum absolute atomic E-state index is 0.491. The highest BCUT2D eigenvalue weighted by atomic mass is 15.1. The Morgan fingerprint density at radius 3 is 2.44 bits per heavy atom. The van der Waals surface area contributed by atoms with Crippen LogP contribution in [0.2, 0.25) is 0 Å². The van der Waals surface area contributed by atoms with E-state index in [0.29, 0.717) is 6.54 Å². The van der Waals surface area contributed by atoms with E-state index in [1.165, 1.54) is 5.56 Å². The second kappa shape index (κ2) is 6.17. The van der Waals surface area contributed by atoms with Gasteiger partial charge >= 0.3 is 0 Å². The van der Waals surface area contributed by atoms with Crippen molar-refractivity contribution in [2.45, 2.75) is 20.0 Å². The molecule has 94 valence electrons. The topological polar surface area (TPSA) is 42.1 Å². The SMILES string of the molecule is CCN(Cc1ccccc1)c1ccc(CN)nc1. The molecular weight excluding hydrogens is 222 g/mol. The van der Waals surface area contributed by atoms with Crippen molar-refractivity contribution in [3.63, 3.8) is 0 Å². The lowest BCUT2D eigenvalue weighted by molar-refractivity contribution is 0.825. The van der Waals surface area contributed by atoms with Crippen molar-refractivity contribution >= 4 is 5.69 Å². The number of aromatic nitrogens is 1. The standard InChI is InChI=1S/C15H19N3/c1-2-18(12-13-6-4-3-5-7-13)15-9-8-14(10-16)17-11-15/h3-9,11H,2,10,12,16H2,1H3. The van der Waals surface area contributed by atoms with Crippen LogP contribution in [0, 0.1) is 0 Å². The largest absolute Gasteiger partial charge is 0.366 e. The Bertz CT molecular complexity index is 465. The molecule has 3 heteroatoms. The third-order valence-corrected chi connectivity index (χ3v) is 2.98. The Labute approximate surface area is 108 Å². The van der Waals surface area contributed by atoms with E-state index in [-0.39, 0.29) is 0 Å². The van der Waals surface area contributed by atoms with Crippen molar-refractivity contribution in [3.05, 3.63) is 59.9 Å². The van der Waals surface area contributed by atoms with Crippen molar-refractivity contribution in [2.75, 3.05) is 11.4 Å². The quantitative estimate of drug-likeness (QED) is 0.874. The predicted octanol–water partition coefficient (Wildman–Crippen LogP) is 2.57. The molecule has 2 N–H and O–H groups in total. The zero-order valence-corrected chi connectivity index (χ0v) is 10.7. The highest BCUT2D eigenvalue weighted by Crippen LogP contribution is 2.16. The number of nitrogens with zero attached hydrogens (tertiary/aromatic N) is 2. The lowest BCUT2D eigenvalue weighted by atomic mass is 10.2.